The van der Waals surface area contributed by atoms with E-state index in [1.807, 2.05) is 56.3 Å². The Bertz CT molecular complexity index is 821. The van der Waals surface area contributed by atoms with Crippen molar-refractivity contribution in [3.8, 4) is 11.1 Å². The van der Waals surface area contributed by atoms with Crippen LogP contribution in [0.1, 0.15) is 27.7 Å². The number of hydrogen-bond donors (Lipinski definition) is 1. The van der Waals surface area contributed by atoms with E-state index in [4.69, 9.17) is 4.42 Å². The molecule has 4 heteroatoms. The summed E-state index contributed by atoms with van der Waals surface area (Å²) in [6.07, 6.45) is 0.639. The Labute approximate surface area is 141 Å². The number of benzene rings is 2. The zero-order chi connectivity index (χ0) is 16.9. The van der Waals surface area contributed by atoms with Gasteiger partial charge in [-0.3, -0.25) is 4.79 Å². The first kappa shape index (κ1) is 16.0. The van der Waals surface area contributed by atoms with Gasteiger partial charge in [-0.15, -0.1) is 0 Å². The molecule has 0 aliphatic rings. The highest BCUT2D eigenvalue weighted by atomic mass is 16.4. The topological polar surface area (TPSA) is 55.1 Å². The van der Waals surface area contributed by atoms with Crippen LogP contribution in [0.15, 0.2) is 59.0 Å². The third-order valence-electron chi connectivity index (χ3n) is 3.89. The van der Waals surface area contributed by atoms with E-state index >= 15 is 0 Å². The summed E-state index contributed by atoms with van der Waals surface area (Å²) >= 11 is 0. The SMILES string of the molecule is Cc1nc(C)c(CCNC(=O)c2ccc(-c3ccccc3)cc2)o1. The van der Waals surface area contributed by atoms with Crippen LogP contribution in [0.5, 0.6) is 0 Å². The number of nitrogens with zero attached hydrogens (tertiary/aromatic N) is 1. The van der Waals surface area contributed by atoms with E-state index < -0.39 is 0 Å². The number of nitrogens with one attached hydrogen (secondary N) is 1. The molecule has 24 heavy (non-hydrogen) atoms. The normalized spacial score (nSPS) is 10.6. The number of oxazole rings is 1. The van der Waals surface area contributed by atoms with Crippen molar-refractivity contribution in [3.05, 3.63) is 77.5 Å². The fourth-order valence-corrected chi connectivity index (χ4v) is 2.64. The number of aryl methyl sites for hydroxylation is 2. The van der Waals surface area contributed by atoms with Crippen LogP contribution in [0.4, 0.5) is 0 Å². The van der Waals surface area contributed by atoms with Gasteiger partial charge in [0.15, 0.2) is 5.89 Å². The minimum atomic E-state index is -0.0801. The summed E-state index contributed by atoms with van der Waals surface area (Å²) < 4.78 is 5.50. The second-order valence-electron chi connectivity index (χ2n) is 5.69. The molecule has 0 saturated heterocycles. The average molecular weight is 320 g/mol. The fraction of sp³-hybridized carbons (Fsp3) is 0.200. The van der Waals surface area contributed by atoms with Crippen LogP contribution in [-0.4, -0.2) is 17.4 Å². The van der Waals surface area contributed by atoms with Gasteiger partial charge < -0.3 is 9.73 Å². The van der Waals surface area contributed by atoms with Crippen LogP contribution in [0.3, 0.4) is 0 Å². The van der Waals surface area contributed by atoms with Crippen molar-refractivity contribution in [3.63, 3.8) is 0 Å². The first-order valence-electron chi connectivity index (χ1n) is 8.00. The van der Waals surface area contributed by atoms with Gasteiger partial charge in [0.1, 0.15) is 5.76 Å². The fourth-order valence-electron chi connectivity index (χ4n) is 2.64. The summed E-state index contributed by atoms with van der Waals surface area (Å²) in [7, 11) is 0. The van der Waals surface area contributed by atoms with Crippen LogP contribution in [-0.2, 0) is 6.42 Å². The molecule has 0 aliphatic carbocycles. The summed E-state index contributed by atoms with van der Waals surface area (Å²) in [6.45, 7) is 4.26. The number of amides is 1. The predicted molar refractivity (Wildman–Crippen MR) is 93.9 cm³/mol. The lowest BCUT2D eigenvalue weighted by molar-refractivity contribution is 0.0953. The first-order valence-corrected chi connectivity index (χ1v) is 8.00. The highest BCUT2D eigenvalue weighted by molar-refractivity contribution is 5.94. The third-order valence-corrected chi connectivity index (χ3v) is 3.89. The molecule has 122 valence electrons. The smallest absolute Gasteiger partial charge is 0.251 e. The van der Waals surface area contributed by atoms with Gasteiger partial charge in [0.05, 0.1) is 5.69 Å². The number of hydrogen-bond acceptors (Lipinski definition) is 3. The lowest BCUT2D eigenvalue weighted by atomic mass is 10.0. The molecule has 3 rings (SSSR count). The van der Waals surface area contributed by atoms with E-state index in [1.54, 1.807) is 0 Å². The Morgan fingerprint density at radius 2 is 1.67 bits per heavy atom. The zero-order valence-corrected chi connectivity index (χ0v) is 13.9. The van der Waals surface area contributed by atoms with Crippen molar-refractivity contribution in [1.29, 1.82) is 0 Å². The monoisotopic (exact) mass is 320 g/mol. The van der Waals surface area contributed by atoms with Crippen LogP contribution in [0.2, 0.25) is 0 Å². The number of rotatable bonds is 5. The van der Waals surface area contributed by atoms with Crippen LogP contribution < -0.4 is 5.32 Å². The van der Waals surface area contributed by atoms with Gasteiger partial charge >= 0.3 is 0 Å². The summed E-state index contributed by atoms with van der Waals surface area (Å²) in [5.74, 6) is 1.40. The van der Waals surface area contributed by atoms with E-state index in [9.17, 15) is 4.79 Å². The van der Waals surface area contributed by atoms with Gasteiger partial charge in [0.25, 0.3) is 5.91 Å². The molecular weight excluding hydrogens is 300 g/mol. The minimum Gasteiger partial charge on any atom is -0.446 e. The molecule has 0 fully saturated rings. The zero-order valence-electron chi connectivity index (χ0n) is 13.9. The number of carbonyl (C=O) groups is 1. The Morgan fingerprint density at radius 1 is 1.00 bits per heavy atom. The van der Waals surface area contributed by atoms with Crippen molar-refractivity contribution >= 4 is 5.91 Å². The largest absolute Gasteiger partial charge is 0.446 e. The quantitative estimate of drug-likeness (QED) is 0.775. The maximum absolute atomic E-state index is 12.2. The second-order valence-corrected chi connectivity index (χ2v) is 5.69. The summed E-state index contributed by atoms with van der Waals surface area (Å²) in [6, 6.07) is 17.7. The maximum atomic E-state index is 12.2. The van der Waals surface area contributed by atoms with E-state index in [-0.39, 0.29) is 5.91 Å². The molecular formula is C20H20N2O2. The lowest BCUT2D eigenvalue weighted by Crippen LogP contribution is -2.25. The Kier molecular flexibility index (Phi) is 4.75. The van der Waals surface area contributed by atoms with Gasteiger partial charge in [-0.2, -0.15) is 0 Å². The summed E-state index contributed by atoms with van der Waals surface area (Å²) in [5.41, 5.74) is 3.77. The molecule has 0 atom stereocenters. The number of aromatic nitrogens is 1. The van der Waals surface area contributed by atoms with Gasteiger partial charge in [0, 0.05) is 25.5 Å². The average Bonchev–Trinajstić information content (AvgIpc) is 2.93. The standard InChI is InChI=1S/C20H20N2O2/c1-14-19(24-15(2)22-14)12-13-21-20(23)18-10-8-17(9-11-18)16-6-4-3-5-7-16/h3-11H,12-13H2,1-2H3,(H,21,23). The molecule has 0 aliphatic heterocycles. The van der Waals surface area contributed by atoms with Gasteiger partial charge in [0.2, 0.25) is 0 Å². The van der Waals surface area contributed by atoms with Crippen molar-refractivity contribution in [2.45, 2.75) is 20.3 Å². The van der Waals surface area contributed by atoms with E-state index in [0.29, 0.717) is 24.4 Å². The molecule has 4 nitrogen and oxygen atoms in total. The highest BCUT2D eigenvalue weighted by Crippen LogP contribution is 2.19. The molecule has 1 N–H and O–H groups in total. The van der Waals surface area contributed by atoms with E-state index in [2.05, 4.69) is 22.4 Å². The first-order chi connectivity index (χ1) is 11.6. The molecule has 1 heterocycles. The summed E-state index contributed by atoms with van der Waals surface area (Å²) in [4.78, 5) is 16.4. The molecule has 0 unspecified atom stereocenters. The highest BCUT2D eigenvalue weighted by Gasteiger charge is 2.09. The second kappa shape index (κ2) is 7.13. The van der Waals surface area contributed by atoms with Gasteiger partial charge in [-0.05, 0) is 30.2 Å². The van der Waals surface area contributed by atoms with Crippen molar-refractivity contribution in [1.82, 2.24) is 10.3 Å². The number of carbonyl (C=O) groups excluding carboxylic acids is 1. The molecule has 1 amide bonds. The van der Waals surface area contributed by atoms with Crippen molar-refractivity contribution in [2.24, 2.45) is 0 Å². The molecule has 0 bridgehead atoms. The summed E-state index contributed by atoms with van der Waals surface area (Å²) in [5, 5.41) is 2.92. The predicted octanol–water partition coefficient (Wildman–Crippen LogP) is 3.93. The molecule has 0 radical (unpaired) electrons. The van der Waals surface area contributed by atoms with Crippen LogP contribution in [0, 0.1) is 13.8 Å². The minimum absolute atomic E-state index is 0.0801. The maximum Gasteiger partial charge on any atom is 0.251 e. The van der Waals surface area contributed by atoms with Crippen LogP contribution >= 0.6 is 0 Å². The Hall–Kier alpha value is -2.88. The Balaban J connectivity index is 1.58. The molecule has 0 saturated carbocycles. The molecule has 3 aromatic rings. The van der Waals surface area contributed by atoms with E-state index in [0.717, 1.165) is 22.6 Å². The van der Waals surface area contributed by atoms with Crippen molar-refractivity contribution < 1.29 is 9.21 Å². The molecule has 0 spiro atoms. The molecule has 2 aromatic carbocycles. The van der Waals surface area contributed by atoms with Gasteiger partial charge in [-0.25, -0.2) is 4.98 Å². The molecule has 1 aromatic heterocycles. The third kappa shape index (κ3) is 3.71. The lowest BCUT2D eigenvalue weighted by Gasteiger charge is -2.06. The Morgan fingerprint density at radius 3 is 2.29 bits per heavy atom. The van der Waals surface area contributed by atoms with E-state index in [1.165, 1.54) is 0 Å². The van der Waals surface area contributed by atoms with Gasteiger partial charge in [-0.1, -0.05) is 42.5 Å². The van der Waals surface area contributed by atoms with Crippen molar-refractivity contribution in [2.75, 3.05) is 6.54 Å². The van der Waals surface area contributed by atoms with Crippen LogP contribution in [0.25, 0.3) is 11.1 Å².